The lowest BCUT2D eigenvalue weighted by Gasteiger charge is -2.16. The van der Waals surface area contributed by atoms with Crippen LogP contribution in [0.15, 0.2) is 48.5 Å². The van der Waals surface area contributed by atoms with Crippen molar-refractivity contribution >= 4 is 11.6 Å². The average Bonchev–Trinajstić information content (AvgIpc) is 2.38. The van der Waals surface area contributed by atoms with Crippen LogP contribution in [0, 0.1) is 0 Å². The summed E-state index contributed by atoms with van der Waals surface area (Å²) in [4.78, 5) is 2.14. The molecule has 0 fully saturated rings. The highest BCUT2D eigenvalue weighted by atomic mass is 35.5. The molecule has 2 rings (SSSR count). The highest BCUT2D eigenvalue weighted by Crippen LogP contribution is 2.26. The monoisotopic (exact) mass is 274 g/mol. The third-order valence-corrected chi connectivity index (χ3v) is 3.39. The fourth-order valence-electron chi connectivity index (χ4n) is 2.16. The minimum Gasteiger partial charge on any atom is -0.320 e. The minimum atomic E-state index is -0.184. The summed E-state index contributed by atoms with van der Waals surface area (Å²) >= 11 is 6.20. The van der Waals surface area contributed by atoms with Gasteiger partial charge in [0, 0.05) is 11.6 Å². The topological polar surface area (TPSA) is 29.3 Å². The van der Waals surface area contributed by atoms with Gasteiger partial charge in [-0.2, -0.15) is 0 Å². The van der Waals surface area contributed by atoms with E-state index < -0.39 is 0 Å². The van der Waals surface area contributed by atoms with E-state index in [1.807, 2.05) is 36.4 Å². The molecule has 0 heterocycles. The van der Waals surface area contributed by atoms with E-state index in [-0.39, 0.29) is 6.04 Å². The molecule has 3 heteroatoms. The molecule has 0 amide bonds. The number of hydrogen-bond acceptors (Lipinski definition) is 2. The van der Waals surface area contributed by atoms with E-state index in [9.17, 15) is 0 Å². The quantitative estimate of drug-likeness (QED) is 0.925. The Hall–Kier alpha value is -1.35. The van der Waals surface area contributed by atoms with E-state index in [4.69, 9.17) is 17.3 Å². The van der Waals surface area contributed by atoms with E-state index in [1.165, 1.54) is 5.56 Å². The second-order valence-corrected chi connectivity index (χ2v) is 5.39. The molecule has 0 bridgehead atoms. The van der Waals surface area contributed by atoms with Crippen LogP contribution in [0.1, 0.15) is 22.7 Å². The molecular formula is C16H19ClN2. The zero-order valence-corrected chi connectivity index (χ0v) is 12.1. The van der Waals surface area contributed by atoms with Crippen LogP contribution in [0.5, 0.6) is 0 Å². The third-order valence-electron chi connectivity index (χ3n) is 3.05. The van der Waals surface area contributed by atoms with Gasteiger partial charge in [-0.25, -0.2) is 0 Å². The van der Waals surface area contributed by atoms with Crippen LogP contribution in [0.25, 0.3) is 0 Å². The average molecular weight is 275 g/mol. The van der Waals surface area contributed by atoms with E-state index in [1.54, 1.807) is 0 Å². The Morgan fingerprint density at radius 2 is 1.84 bits per heavy atom. The molecule has 1 atom stereocenters. The summed E-state index contributed by atoms with van der Waals surface area (Å²) in [5, 5.41) is 0.716. The summed E-state index contributed by atoms with van der Waals surface area (Å²) in [7, 11) is 4.11. The molecule has 2 nitrogen and oxygen atoms in total. The van der Waals surface area contributed by atoms with Crippen molar-refractivity contribution in [1.82, 2.24) is 4.90 Å². The lowest BCUT2D eigenvalue weighted by molar-refractivity contribution is 0.402. The molecule has 0 aromatic heterocycles. The Kier molecular flexibility index (Phi) is 4.59. The van der Waals surface area contributed by atoms with E-state index in [2.05, 4.69) is 31.1 Å². The Morgan fingerprint density at radius 3 is 2.53 bits per heavy atom. The Balaban J connectivity index is 2.29. The number of nitrogens with two attached hydrogens (primary N) is 1. The molecule has 0 saturated heterocycles. The number of hydrogen-bond donors (Lipinski definition) is 1. The molecule has 0 aliphatic carbocycles. The molecular weight excluding hydrogens is 256 g/mol. The Morgan fingerprint density at radius 1 is 1.11 bits per heavy atom. The molecule has 0 saturated carbocycles. The number of halogens is 1. The van der Waals surface area contributed by atoms with Gasteiger partial charge in [0.2, 0.25) is 0 Å². The van der Waals surface area contributed by atoms with Crippen molar-refractivity contribution < 1.29 is 0 Å². The largest absolute Gasteiger partial charge is 0.320 e. The normalized spacial score (nSPS) is 12.7. The molecule has 100 valence electrons. The van der Waals surface area contributed by atoms with Crippen LogP contribution >= 0.6 is 11.6 Å². The first-order chi connectivity index (χ1) is 9.08. The van der Waals surface area contributed by atoms with Crippen molar-refractivity contribution in [3.63, 3.8) is 0 Å². The fourth-order valence-corrected chi connectivity index (χ4v) is 2.41. The zero-order valence-electron chi connectivity index (χ0n) is 11.3. The van der Waals surface area contributed by atoms with E-state index in [0.717, 1.165) is 17.7 Å². The smallest absolute Gasteiger partial charge is 0.0566 e. The molecule has 1 unspecified atom stereocenters. The number of nitrogens with zero attached hydrogens (tertiary/aromatic N) is 1. The first kappa shape index (κ1) is 14.1. The van der Waals surface area contributed by atoms with Gasteiger partial charge in [-0.05, 0) is 36.9 Å². The van der Waals surface area contributed by atoms with E-state index in [0.29, 0.717) is 5.02 Å². The van der Waals surface area contributed by atoms with Gasteiger partial charge in [-0.1, -0.05) is 54.1 Å². The van der Waals surface area contributed by atoms with Gasteiger partial charge < -0.3 is 10.6 Å². The van der Waals surface area contributed by atoms with Crippen LogP contribution in [0.4, 0.5) is 0 Å². The van der Waals surface area contributed by atoms with Crippen molar-refractivity contribution in [2.24, 2.45) is 5.73 Å². The summed E-state index contributed by atoms with van der Waals surface area (Å²) in [5.41, 5.74) is 9.63. The molecule has 0 spiro atoms. The molecule has 0 radical (unpaired) electrons. The first-order valence-electron chi connectivity index (χ1n) is 6.31. The van der Waals surface area contributed by atoms with Gasteiger partial charge in [0.15, 0.2) is 0 Å². The van der Waals surface area contributed by atoms with Crippen LogP contribution in [-0.2, 0) is 6.54 Å². The summed E-state index contributed by atoms with van der Waals surface area (Å²) in [6.07, 6.45) is 0. The van der Waals surface area contributed by atoms with E-state index >= 15 is 0 Å². The summed E-state index contributed by atoms with van der Waals surface area (Å²) < 4.78 is 0. The van der Waals surface area contributed by atoms with Crippen LogP contribution in [0.3, 0.4) is 0 Å². The molecule has 19 heavy (non-hydrogen) atoms. The molecule has 2 aromatic rings. The lowest BCUT2D eigenvalue weighted by atomic mass is 9.98. The fraction of sp³-hybridized carbons (Fsp3) is 0.250. The maximum atomic E-state index is 6.32. The second-order valence-electron chi connectivity index (χ2n) is 4.98. The van der Waals surface area contributed by atoms with Crippen molar-refractivity contribution in [3.05, 3.63) is 70.2 Å². The standard InChI is InChI=1S/C16H19ClN2/c1-19(2)11-12-6-5-7-13(10-12)16(18)14-8-3-4-9-15(14)17/h3-10,16H,11,18H2,1-2H3. The van der Waals surface area contributed by atoms with Gasteiger partial charge in [0.05, 0.1) is 6.04 Å². The maximum Gasteiger partial charge on any atom is 0.0566 e. The third kappa shape index (κ3) is 3.57. The predicted octanol–water partition coefficient (Wildman–Crippen LogP) is 3.45. The van der Waals surface area contributed by atoms with Crippen molar-refractivity contribution in [3.8, 4) is 0 Å². The summed E-state index contributed by atoms with van der Waals surface area (Å²) in [5.74, 6) is 0. The van der Waals surface area contributed by atoms with Crippen LogP contribution in [-0.4, -0.2) is 19.0 Å². The predicted molar refractivity (Wildman–Crippen MR) is 81.3 cm³/mol. The van der Waals surface area contributed by atoms with Gasteiger partial charge in [0.1, 0.15) is 0 Å². The number of benzene rings is 2. The molecule has 0 aliphatic rings. The van der Waals surface area contributed by atoms with Crippen molar-refractivity contribution in [2.75, 3.05) is 14.1 Å². The highest BCUT2D eigenvalue weighted by Gasteiger charge is 2.12. The lowest BCUT2D eigenvalue weighted by Crippen LogP contribution is -2.14. The SMILES string of the molecule is CN(C)Cc1cccc(C(N)c2ccccc2Cl)c1. The van der Waals surface area contributed by atoms with Crippen LogP contribution < -0.4 is 5.73 Å². The number of rotatable bonds is 4. The first-order valence-corrected chi connectivity index (χ1v) is 6.69. The summed E-state index contributed by atoms with van der Waals surface area (Å²) in [6.45, 7) is 0.906. The van der Waals surface area contributed by atoms with Crippen molar-refractivity contribution in [1.29, 1.82) is 0 Å². The zero-order chi connectivity index (χ0) is 13.8. The Bertz CT molecular complexity index is 552. The van der Waals surface area contributed by atoms with Gasteiger partial charge >= 0.3 is 0 Å². The maximum absolute atomic E-state index is 6.32. The molecule has 2 aromatic carbocycles. The van der Waals surface area contributed by atoms with Crippen molar-refractivity contribution in [2.45, 2.75) is 12.6 Å². The second kappa shape index (κ2) is 6.20. The highest BCUT2D eigenvalue weighted by molar-refractivity contribution is 6.31. The van der Waals surface area contributed by atoms with Gasteiger partial charge in [0.25, 0.3) is 0 Å². The summed E-state index contributed by atoms with van der Waals surface area (Å²) in [6, 6.07) is 15.9. The molecule has 0 aliphatic heterocycles. The van der Waals surface area contributed by atoms with Crippen LogP contribution in [0.2, 0.25) is 5.02 Å². The van der Waals surface area contributed by atoms with Gasteiger partial charge in [-0.15, -0.1) is 0 Å². The minimum absolute atomic E-state index is 0.184. The van der Waals surface area contributed by atoms with Gasteiger partial charge in [-0.3, -0.25) is 0 Å². The Labute approximate surface area is 119 Å². The molecule has 2 N–H and O–H groups in total.